The van der Waals surface area contributed by atoms with Gasteiger partial charge in [0.05, 0.1) is 5.92 Å². The zero-order chi connectivity index (χ0) is 17.8. The summed E-state index contributed by atoms with van der Waals surface area (Å²) in [7, 11) is 0. The van der Waals surface area contributed by atoms with Crippen molar-refractivity contribution in [3.8, 4) is 0 Å². The molecule has 0 aliphatic carbocycles. The van der Waals surface area contributed by atoms with Crippen LogP contribution < -0.4 is 5.73 Å². The summed E-state index contributed by atoms with van der Waals surface area (Å²) in [6.07, 6.45) is 0. The third-order valence-electron chi connectivity index (χ3n) is 4.03. The van der Waals surface area contributed by atoms with E-state index in [1.54, 1.807) is 36.4 Å². The van der Waals surface area contributed by atoms with Crippen LogP contribution in [0.3, 0.4) is 0 Å². The summed E-state index contributed by atoms with van der Waals surface area (Å²) in [5, 5.41) is 0. The molecule has 0 aliphatic rings. The average Bonchev–Trinajstić information content (AvgIpc) is 2.64. The van der Waals surface area contributed by atoms with Gasteiger partial charge in [-0.15, -0.1) is 0 Å². The molecule has 0 saturated heterocycles. The fraction of sp³-hybridized carbons (Fsp3) is 0.0476. The van der Waals surface area contributed by atoms with Gasteiger partial charge in [-0.1, -0.05) is 82.7 Å². The van der Waals surface area contributed by atoms with Gasteiger partial charge in [0.1, 0.15) is 0 Å². The minimum absolute atomic E-state index is 0.0496. The number of carbonyl (C=O) groups is 2. The zero-order valence-electron chi connectivity index (χ0n) is 13.4. The predicted octanol–water partition coefficient (Wildman–Crippen LogP) is 4.30. The number of benzene rings is 3. The fourth-order valence-electron chi connectivity index (χ4n) is 2.76. The smallest absolute Gasteiger partial charge is 0.229 e. The summed E-state index contributed by atoms with van der Waals surface area (Å²) in [4.78, 5) is 24.4. The molecule has 0 aromatic heterocycles. The van der Waals surface area contributed by atoms with Crippen molar-refractivity contribution in [1.82, 2.24) is 0 Å². The van der Waals surface area contributed by atoms with Gasteiger partial charge in [-0.25, -0.2) is 0 Å². The standard InChI is InChI=1S/C21H16BrNO2/c22-18-12-10-15(11-13-18)19(21(23)25)14-6-8-17(9-7-14)20(24)16-4-2-1-3-5-16/h1-13,19H,(H2,23,25)/t19-/m0/s1. The number of ketones is 1. The summed E-state index contributed by atoms with van der Waals surface area (Å²) in [6.45, 7) is 0. The Bertz CT molecular complexity index is 887. The second kappa shape index (κ2) is 7.45. The first kappa shape index (κ1) is 17.1. The normalized spacial score (nSPS) is 11.7. The maximum Gasteiger partial charge on any atom is 0.229 e. The highest BCUT2D eigenvalue weighted by molar-refractivity contribution is 9.10. The Labute approximate surface area is 154 Å². The van der Waals surface area contributed by atoms with Crippen LogP contribution in [-0.4, -0.2) is 11.7 Å². The van der Waals surface area contributed by atoms with Crippen molar-refractivity contribution in [2.45, 2.75) is 5.92 Å². The molecule has 1 amide bonds. The average molecular weight is 394 g/mol. The van der Waals surface area contributed by atoms with Crippen LogP contribution in [0, 0.1) is 0 Å². The van der Waals surface area contributed by atoms with Crippen molar-refractivity contribution in [2.75, 3.05) is 0 Å². The van der Waals surface area contributed by atoms with Crippen LogP contribution in [0.4, 0.5) is 0 Å². The molecule has 0 heterocycles. The van der Waals surface area contributed by atoms with E-state index < -0.39 is 11.8 Å². The van der Waals surface area contributed by atoms with Crippen LogP contribution in [-0.2, 0) is 4.79 Å². The number of amides is 1. The molecule has 3 nitrogen and oxygen atoms in total. The molecule has 1 atom stereocenters. The third-order valence-corrected chi connectivity index (χ3v) is 4.56. The molecule has 0 saturated carbocycles. The highest BCUT2D eigenvalue weighted by atomic mass is 79.9. The molecule has 124 valence electrons. The second-order valence-corrected chi connectivity index (χ2v) is 6.62. The molecule has 0 bridgehead atoms. The molecule has 0 radical (unpaired) electrons. The van der Waals surface area contributed by atoms with Crippen molar-refractivity contribution in [3.63, 3.8) is 0 Å². The molecule has 2 N–H and O–H groups in total. The lowest BCUT2D eigenvalue weighted by atomic mass is 9.89. The Morgan fingerprint density at radius 1 is 0.720 bits per heavy atom. The van der Waals surface area contributed by atoms with Gasteiger partial charge in [0, 0.05) is 15.6 Å². The van der Waals surface area contributed by atoms with Gasteiger partial charge < -0.3 is 5.73 Å². The van der Waals surface area contributed by atoms with Crippen LogP contribution >= 0.6 is 15.9 Å². The number of carbonyl (C=O) groups excluding carboxylic acids is 2. The number of primary amides is 1. The Morgan fingerprint density at radius 3 is 1.72 bits per heavy atom. The SMILES string of the molecule is NC(=O)[C@H](c1ccc(Br)cc1)c1ccc(C(=O)c2ccccc2)cc1. The number of rotatable bonds is 5. The third kappa shape index (κ3) is 3.86. The van der Waals surface area contributed by atoms with Gasteiger partial charge in [0.25, 0.3) is 0 Å². The van der Waals surface area contributed by atoms with E-state index in [0.717, 1.165) is 15.6 Å². The highest BCUT2D eigenvalue weighted by Gasteiger charge is 2.20. The quantitative estimate of drug-likeness (QED) is 0.656. The summed E-state index contributed by atoms with van der Waals surface area (Å²) in [5.74, 6) is -1.02. The van der Waals surface area contributed by atoms with Crippen molar-refractivity contribution >= 4 is 27.6 Å². The first-order valence-corrected chi connectivity index (χ1v) is 8.60. The number of hydrogen-bond donors (Lipinski definition) is 1. The fourth-order valence-corrected chi connectivity index (χ4v) is 3.02. The lowest BCUT2D eigenvalue weighted by Gasteiger charge is -2.15. The van der Waals surface area contributed by atoms with Crippen molar-refractivity contribution in [1.29, 1.82) is 0 Å². The molecule has 3 aromatic rings. The zero-order valence-corrected chi connectivity index (χ0v) is 14.9. The summed E-state index contributed by atoms with van der Waals surface area (Å²) >= 11 is 3.38. The maximum absolute atomic E-state index is 12.5. The van der Waals surface area contributed by atoms with Gasteiger partial charge in [-0.05, 0) is 23.3 Å². The molecular formula is C21H16BrNO2. The second-order valence-electron chi connectivity index (χ2n) is 5.70. The lowest BCUT2D eigenvalue weighted by Crippen LogP contribution is -2.22. The molecular weight excluding hydrogens is 378 g/mol. The van der Waals surface area contributed by atoms with Crippen LogP contribution in [0.5, 0.6) is 0 Å². The molecule has 0 unspecified atom stereocenters. The van der Waals surface area contributed by atoms with E-state index in [-0.39, 0.29) is 5.78 Å². The van der Waals surface area contributed by atoms with Crippen LogP contribution in [0.15, 0.2) is 83.3 Å². The molecule has 3 rings (SSSR count). The van der Waals surface area contributed by atoms with E-state index in [2.05, 4.69) is 15.9 Å². The Kier molecular flexibility index (Phi) is 5.10. The Morgan fingerprint density at radius 2 is 1.20 bits per heavy atom. The summed E-state index contributed by atoms with van der Waals surface area (Å²) < 4.78 is 0.934. The predicted molar refractivity (Wildman–Crippen MR) is 101 cm³/mol. The molecule has 0 spiro atoms. The largest absolute Gasteiger partial charge is 0.369 e. The lowest BCUT2D eigenvalue weighted by molar-refractivity contribution is -0.118. The van der Waals surface area contributed by atoms with Crippen LogP contribution in [0.25, 0.3) is 0 Å². The number of nitrogens with two attached hydrogens (primary N) is 1. The first-order valence-electron chi connectivity index (χ1n) is 7.81. The van der Waals surface area contributed by atoms with Crippen molar-refractivity contribution < 1.29 is 9.59 Å². The first-order chi connectivity index (χ1) is 12.1. The maximum atomic E-state index is 12.5. The monoisotopic (exact) mass is 393 g/mol. The highest BCUT2D eigenvalue weighted by Crippen LogP contribution is 2.26. The summed E-state index contributed by atoms with van der Waals surface area (Å²) in [6, 6.07) is 23.6. The number of halogens is 1. The molecule has 3 aromatic carbocycles. The van der Waals surface area contributed by atoms with E-state index >= 15 is 0 Å². The number of hydrogen-bond acceptors (Lipinski definition) is 2. The van der Waals surface area contributed by atoms with Gasteiger partial charge >= 0.3 is 0 Å². The van der Waals surface area contributed by atoms with Crippen LogP contribution in [0.1, 0.15) is 33.0 Å². The Balaban J connectivity index is 1.91. The van der Waals surface area contributed by atoms with Crippen LogP contribution in [0.2, 0.25) is 0 Å². The minimum Gasteiger partial charge on any atom is -0.369 e. The van der Waals surface area contributed by atoms with Gasteiger partial charge in [0.15, 0.2) is 5.78 Å². The molecule has 25 heavy (non-hydrogen) atoms. The van der Waals surface area contributed by atoms with Gasteiger partial charge in [0.2, 0.25) is 5.91 Å². The van der Waals surface area contributed by atoms with E-state index in [1.807, 2.05) is 42.5 Å². The van der Waals surface area contributed by atoms with Gasteiger partial charge in [-0.2, -0.15) is 0 Å². The van der Waals surface area contributed by atoms with Crippen molar-refractivity contribution in [3.05, 3.63) is 106 Å². The van der Waals surface area contributed by atoms with E-state index in [1.165, 1.54) is 0 Å². The molecule has 0 fully saturated rings. The van der Waals surface area contributed by atoms with Gasteiger partial charge in [-0.3, -0.25) is 9.59 Å². The topological polar surface area (TPSA) is 60.2 Å². The molecule has 4 heteroatoms. The van der Waals surface area contributed by atoms with E-state index in [9.17, 15) is 9.59 Å². The van der Waals surface area contributed by atoms with Crippen molar-refractivity contribution in [2.24, 2.45) is 5.73 Å². The molecule has 0 aliphatic heterocycles. The van der Waals surface area contributed by atoms with E-state index in [4.69, 9.17) is 5.73 Å². The van der Waals surface area contributed by atoms with E-state index in [0.29, 0.717) is 11.1 Å². The summed E-state index contributed by atoms with van der Waals surface area (Å²) in [5.41, 5.74) is 8.40. The minimum atomic E-state index is -0.547. The Hall–Kier alpha value is -2.72.